The van der Waals surface area contributed by atoms with Gasteiger partial charge in [-0.05, 0) is 49.9 Å². The largest absolute Gasteiger partial charge is 0.271 e. The van der Waals surface area contributed by atoms with Crippen molar-refractivity contribution in [3.05, 3.63) is 35.4 Å². The summed E-state index contributed by atoms with van der Waals surface area (Å²) in [4.78, 5) is 24.0. The monoisotopic (exact) mass is 330 g/mol. The van der Waals surface area contributed by atoms with Crippen molar-refractivity contribution in [1.29, 1.82) is 0 Å². The molecule has 1 rings (SSSR count). The summed E-state index contributed by atoms with van der Waals surface area (Å²) in [5.74, 6) is -0.586. The first-order valence-electron chi connectivity index (χ1n) is 8.37. The molecule has 0 atom stereocenters. The minimum atomic E-state index is -0.293. The van der Waals surface area contributed by atoms with Gasteiger partial charge in [0.25, 0.3) is 11.8 Å². The Labute approximate surface area is 143 Å². The average Bonchev–Trinajstić information content (AvgIpc) is 2.63. The van der Waals surface area contributed by atoms with Gasteiger partial charge in [0.1, 0.15) is 0 Å². The number of amides is 2. The number of nitrogens with one attached hydrogen (secondary N) is 2. The molecule has 0 aliphatic carbocycles. The molecule has 1 aromatic carbocycles. The molecule has 24 heavy (non-hydrogen) atoms. The molecule has 0 fully saturated rings. The van der Waals surface area contributed by atoms with Gasteiger partial charge in [-0.3, -0.25) is 9.59 Å². The number of nitrogens with zero attached hydrogens (tertiary/aromatic N) is 2. The highest BCUT2D eigenvalue weighted by molar-refractivity contribution is 5.98. The predicted molar refractivity (Wildman–Crippen MR) is 97.4 cm³/mol. The van der Waals surface area contributed by atoms with E-state index in [1.807, 2.05) is 27.7 Å². The quantitative estimate of drug-likeness (QED) is 0.565. The van der Waals surface area contributed by atoms with Gasteiger partial charge in [0.2, 0.25) is 0 Å². The minimum absolute atomic E-state index is 0.293. The fraction of sp³-hybridized carbons (Fsp3) is 0.444. The fourth-order valence-electron chi connectivity index (χ4n) is 1.98. The van der Waals surface area contributed by atoms with E-state index in [1.165, 1.54) is 0 Å². The third-order valence-corrected chi connectivity index (χ3v) is 3.67. The van der Waals surface area contributed by atoms with Gasteiger partial charge in [0, 0.05) is 22.6 Å². The van der Waals surface area contributed by atoms with Crippen LogP contribution in [0.1, 0.15) is 74.1 Å². The summed E-state index contributed by atoms with van der Waals surface area (Å²) in [7, 11) is 0. The summed E-state index contributed by atoms with van der Waals surface area (Å²) in [5, 5.41) is 8.16. The number of carbonyl (C=O) groups excluding carboxylic acids is 2. The van der Waals surface area contributed by atoms with E-state index >= 15 is 0 Å². The van der Waals surface area contributed by atoms with Crippen LogP contribution in [0.3, 0.4) is 0 Å². The van der Waals surface area contributed by atoms with Crippen LogP contribution in [0.2, 0.25) is 0 Å². The molecular formula is C18H26N4O2. The smallest absolute Gasteiger partial charge is 0.267 e. The second kappa shape index (κ2) is 10.3. The SMILES string of the molecule is CCC(CC)=NNC(=O)c1ccc(C(=O)NN=C(CC)CC)cc1. The standard InChI is InChI=1S/C18H26N4O2/c1-5-15(6-2)19-21-17(23)13-9-11-14(12-10-13)18(24)22-20-16(7-3)8-4/h9-12H,5-8H2,1-4H3,(H,21,23)(H,22,24). The van der Waals surface area contributed by atoms with Gasteiger partial charge in [0.05, 0.1) is 0 Å². The van der Waals surface area contributed by atoms with Crippen LogP contribution in [0.5, 0.6) is 0 Å². The Morgan fingerprint density at radius 3 is 1.25 bits per heavy atom. The topological polar surface area (TPSA) is 82.9 Å². The molecule has 0 unspecified atom stereocenters. The molecule has 0 saturated carbocycles. The Kier molecular flexibility index (Phi) is 8.39. The summed E-state index contributed by atoms with van der Waals surface area (Å²) in [6.45, 7) is 7.97. The van der Waals surface area contributed by atoms with Crippen LogP contribution in [0.15, 0.2) is 34.5 Å². The summed E-state index contributed by atoms with van der Waals surface area (Å²) >= 11 is 0. The Morgan fingerprint density at radius 1 is 0.708 bits per heavy atom. The van der Waals surface area contributed by atoms with E-state index in [-0.39, 0.29) is 11.8 Å². The molecule has 2 amide bonds. The maximum atomic E-state index is 12.0. The third kappa shape index (κ3) is 5.95. The van der Waals surface area contributed by atoms with Crippen molar-refractivity contribution in [2.45, 2.75) is 53.4 Å². The molecule has 0 saturated heterocycles. The Bertz CT molecular complexity index is 551. The lowest BCUT2D eigenvalue weighted by atomic mass is 10.1. The van der Waals surface area contributed by atoms with Gasteiger partial charge >= 0.3 is 0 Å². The molecule has 130 valence electrons. The lowest BCUT2D eigenvalue weighted by molar-refractivity contribution is 0.0943. The second-order valence-electron chi connectivity index (χ2n) is 5.23. The molecule has 0 spiro atoms. The van der Waals surface area contributed by atoms with Crippen LogP contribution in [0.25, 0.3) is 0 Å². The molecule has 0 aliphatic heterocycles. The van der Waals surface area contributed by atoms with Gasteiger partial charge in [-0.1, -0.05) is 27.7 Å². The first-order chi connectivity index (χ1) is 11.5. The van der Waals surface area contributed by atoms with E-state index < -0.39 is 0 Å². The van der Waals surface area contributed by atoms with Crippen molar-refractivity contribution in [3.63, 3.8) is 0 Å². The third-order valence-electron chi connectivity index (χ3n) is 3.67. The van der Waals surface area contributed by atoms with Crippen molar-refractivity contribution >= 4 is 23.2 Å². The van der Waals surface area contributed by atoms with E-state index in [4.69, 9.17) is 0 Å². The van der Waals surface area contributed by atoms with Crippen LogP contribution >= 0.6 is 0 Å². The zero-order chi connectivity index (χ0) is 17.9. The molecule has 6 nitrogen and oxygen atoms in total. The summed E-state index contributed by atoms with van der Waals surface area (Å²) in [6, 6.07) is 6.40. The van der Waals surface area contributed by atoms with Crippen molar-refractivity contribution in [2.24, 2.45) is 10.2 Å². The van der Waals surface area contributed by atoms with E-state index in [0.29, 0.717) is 11.1 Å². The average molecular weight is 330 g/mol. The zero-order valence-electron chi connectivity index (χ0n) is 14.8. The molecule has 0 aliphatic rings. The number of carbonyl (C=O) groups is 2. The fourth-order valence-corrected chi connectivity index (χ4v) is 1.98. The molecule has 0 bridgehead atoms. The van der Waals surface area contributed by atoms with Gasteiger partial charge < -0.3 is 0 Å². The summed E-state index contributed by atoms with van der Waals surface area (Å²) < 4.78 is 0. The summed E-state index contributed by atoms with van der Waals surface area (Å²) in [5.41, 5.74) is 7.83. The molecule has 0 aromatic heterocycles. The van der Waals surface area contributed by atoms with E-state index in [2.05, 4.69) is 21.1 Å². The number of hydrogen-bond acceptors (Lipinski definition) is 4. The molecule has 0 heterocycles. The zero-order valence-corrected chi connectivity index (χ0v) is 14.8. The minimum Gasteiger partial charge on any atom is -0.267 e. The van der Waals surface area contributed by atoms with Crippen molar-refractivity contribution in [3.8, 4) is 0 Å². The number of benzene rings is 1. The lowest BCUT2D eigenvalue weighted by Crippen LogP contribution is -2.21. The molecule has 0 radical (unpaired) electrons. The van der Waals surface area contributed by atoms with Crippen LogP contribution in [0, 0.1) is 0 Å². The van der Waals surface area contributed by atoms with Crippen LogP contribution in [-0.4, -0.2) is 23.2 Å². The van der Waals surface area contributed by atoms with Crippen LogP contribution in [0.4, 0.5) is 0 Å². The Hall–Kier alpha value is -2.50. The van der Waals surface area contributed by atoms with Crippen molar-refractivity contribution in [1.82, 2.24) is 10.9 Å². The number of rotatable bonds is 8. The van der Waals surface area contributed by atoms with Crippen LogP contribution in [-0.2, 0) is 0 Å². The number of hydrogen-bond donors (Lipinski definition) is 2. The van der Waals surface area contributed by atoms with Crippen molar-refractivity contribution < 1.29 is 9.59 Å². The Morgan fingerprint density at radius 2 is 1.00 bits per heavy atom. The van der Waals surface area contributed by atoms with Crippen LogP contribution < -0.4 is 10.9 Å². The molecular weight excluding hydrogens is 304 g/mol. The maximum absolute atomic E-state index is 12.0. The van der Waals surface area contributed by atoms with E-state index in [0.717, 1.165) is 37.1 Å². The van der Waals surface area contributed by atoms with E-state index in [1.54, 1.807) is 24.3 Å². The van der Waals surface area contributed by atoms with Crippen molar-refractivity contribution in [2.75, 3.05) is 0 Å². The first-order valence-corrected chi connectivity index (χ1v) is 8.37. The highest BCUT2D eigenvalue weighted by Gasteiger charge is 2.08. The second-order valence-corrected chi connectivity index (χ2v) is 5.23. The van der Waals surface area contributed by atoms with E-state index in [9.17, 15) is 9.59 Å². The number of hydrazone groups is 2. The van der Waals surface area contributed by atoms with Gasteiger partial charge in [-0.25, -0.2) is 10.9 Å². The molecule has 2 N–H and O–H groups in total. The highest BCUT2D eigenvalue weighted by atomic mass is 16.2. The predicted octanol–water partition coefficient (Wildman–Crippen LogP) is 3.50. The lowest BCUT2D eigenvalue weighted by Gasteiger charge is -2.05. The molecule has 1 aromatic rings. The first kappa shape index (κ1) is 19.5. The highest BCUT2D eigenvalue weighted by Crippen LogP contribution is 2.05. The normalized spacial score (nSPS) is 9.83. The van der Waals surface area contributed by atoms with Gasteiger partial charge in [0.15, 0.2) is 0 Å². The van der Waals surface area contributed by atoms with Gasteiger partial charge in [-0.2, -0.15) is 10.2 Å². The molecule has 6 heteroatoms. The maximum Gasteiger partial charge on any atom is 0.271 e. The Balaban J connectivity index is 2.71. The van der Waals surface area contributed by atoms with Gasteiger partial charge in [-0.15, -0.1) is 0 Å². The summed E-state index contributed by atoms with van der Waals surface area (Å²) in [6.07, 6.45) is 3.20.